The highest BCUT2D eigenvalue weighted by Crippen LogP contribution is 2.25. The molecule has 3 aromatic rings. The normalized spacial score (nSPS) is 15.8. The van der Waals surface area contributed by atoms with E-state index in [4.69, 9.17) is 0 Å². The summed E-state index contributed by atoms with van der Waals surface area (Å²) in [6.45, 7) is 5.43. The zero-order valence-electron chi connectivity index (χ0n) is 17.9. The molecule has 0 spiro atoms. The van der Waals surface area contributed by atoms with Gasteiger partial charge < -0.3 is 15.5 Å². The molecule has 0 bridgehead atoms. The third-order valence-electron chi connectivity index (χ3n) is 5.36. The van der Waals surface area contributed by atoms with Crippen molar-refractivity contribution in [2.45, 2.75) is 18.2 Å². The van der Waals surface area contributed by atoms with Gasteiger partial charge in [0.05, 0.1) is 10.4 Å². The predicted molar refractivity (Wildman–Crippen MR) is 124 cm³/mol. The minimum absolute atomic E-state index is 0.298. The zero-order valence-corrected chi connectivity index (χ0v) is 18.7. The molecule has 4 rings (SSSR count). The van der Waals surface area contributed by atoms with Gasteiger partial charge in [0, 0.05) is 43.8 Å². The molecule has 8 nitrogen and oxygen atoms in total. The third-order valence-corrected chi connectivity index (χ3v) is 7.27. The first-order valence-electron chi connectivity index (χ1n) is 10.5. The van der Waals surface area contributed by atoms with Crippen LogP contribution < -0.4 is 10.6 Å². The van der Waals surface area contributed by atoms with E-state index < -0.39 is 10.0 Å². The minimum atomic E-state index is -3.48. The maximum Gasteiger partial charge on any atom is 0.243 e. The van der Waals surface area contributed by atoms with Gasteiger partial charge in [-0.15, -0.1) is 0 Å². The van der Waals surface area contributed by atoms with Gasteiger partial charge in [-0.25, -0.2) is 13.4 Å². The van der Waals surface area contributed by atoms with E-state index in [9.17, 15) is 8.42 Å². The van der Waals surface area contributed by atoms with Crippen LogP contribution in [0.2, 0.25) is 0 Å². The molecule has 0 saturated carbocycles. The molecule has 1 aliphatic heterocycles. The average molecular weight is 441 g/mol. The highest BCUT2D eigenvalue weighted by Gasteiger charge is 2.27. The van der Waals surface area contributed by atoms with Gasteiger partial charge in [-0.05, 0) is 49.9 Å². The second kappa shape index (κ2) is 9.17. The molecular weight excluding hydrogens is 412 g/mol. The van der Waals surface area contributed by atoms with Crippen molar-refractivity contribution >= 4 is 38.4 Å². The lowest BCUT2D eigenvalue weighted by atomic mass is 10.2. The molecule has 1 saturated heterocycles. The number of aromatic nitrogens is 2. The maximum atomic E-state index is 12.9. The van der Waals surface area contributed by atoms with E-state index in [0.29, 0.717) is 23.9 Å². The summed E-state index contributed by atoms with van der Waals surface area (Å²) < 4.78 is 27.4. The number of fused-ring (bicyclic) bond motifs is 1. The van der Waals surface area contributed by atoms with E-state index in [1.165, 1.54) is 0 Å². The second-order valence-corrected chi connectivity index (χ2v) is 9.63. The first kappa shape index (κ1) is 21.5. The molecule has 0 atom stereocenters. The molecule has 2 N–H and O–H groups in total. The molecule has 1 aliphatic rings. The van der Waals surface area contributed by atoms with Gasteiger partial charge in [0.1, 0.15) is 5.82 Å². The largest absolute Gasteiger partial charge is 0.369 e. The molecule has 1 aromatic heterocycles. The standard InChI is InChI=1S/C22H28N6O2S/c1-3-12-23-21-19-6-4-5-7-20(19)25-22(26-21)24-17-8-10-18(11-9-17)31(29,30)28-15-13-27(2)14-16-28/h4-11H,3,12-16H2,1-2H3,(H2,23,24,25,26). The summed E-state index contributed by atoms with van der Waals surface area (Å²) in [5, 5.41) is 7.52. The minimum Gasteiger partial charge on any atom is -0.369 e. The Labute approximate surface area is 183 Å². The van der Waals surface area contributed by atoms with Crippen LogP contribution in [-0.2, 0) is 10.0 Å². The predicted octanol–water partition coefficient (Wildman–Crippen LogP) is 3.13. The lowest BCUT2D eigenvalue weighted by Gasteiger charge is -2.31. The van der Waals surface area contributed by atoms with Crippen molar-refractivity contribution in [2.75, 3.05) is 50.4 Å². The van der Waals surface area contributed by atoms with Crippen LogP contribution in [-0.4, -0.2) is 67.4 Å². The molecule has 0 unspecified atom stereocenters. The van der Waals surface area contributed by atoms with Crippen molar-refractivity contribution in [3.05, 3.63) is 48.5 Å². The zero-order chi connectivity index (χ0) is 21.8. The van der Waals surface area contributed by atoms with Gasteiger partial charge in [-0.2, -0.15) is 9.29 Å². The van der Waals surface area contributed by atoms with Crippen molar-refractivity contribution in [1.82, 2.24) is 19.2 Å². The fourth-order valence-corrected chi connectivity index (χ4v) is 4.95. The number of hydrogen-bond donors (Lipinski definition) is 2. The van der Waals surface area contributed by atoms with Crippen molar-refractivity contribution in [2.24, 2.45) is 0 Å². The van der Waals surface area contributed by atoms with Crippen LogP contribution in [0.15, 0.2) is 53.4 Å². The Hall–Kier alpha value is -2.75. The smallest absolute Gasteiger partial charge is 0.243 e. The number of benzene rings is 2. The van der Waals surface area contributed by atoms with E-state index in [1.54, 1.807) is 28.6 Å². The lowest BCUT2D eigenvalue weighted by molar-refractivity contribution is 0.222. The average Bonchev–Trinajstić information content (AvgIpc) is 2.78. The monoisotopic (exact) mass is 440 g/mol. The first-order valence-corrected chi connectivity index (χ1v) is 12.0. The van der Waals surface area contributed by atoms with Crippen LogP contribution in [0.4, 0.5) is 17.5 Å². The Morgan fingerprint density at radius 2 is 1.68 bits per heavy atom. The molecule has 2 heterocycles. The van der Waals surface area contributed by atoms with Crippen LogP contribution in [0.3, 0.4) is 0 Å². The van der Waals surface area contributed by atoms with Gasteiger partial charge in [0.15, 0.2) is 0 Å². The second-order valence-electron chi connectivity index (χ2n) is 7.70. The number of rotatable bonds is 7. The Balaban J connectivity index is 1.54. The number of hydrogen-bond acceptors (Lipinski definition) is 7. The Morgan fingerprint density at radius 1 is 0.968 bits per heavy atom. The van der Waals surface area contributed by atoms with Gasteiger partial charge in [-0.3, -0.25) is 0 Å². The third kappa shape index (κ3) is 4.79. The Morgan fingerprint density at radius 3 is 2.39 bits per heavy atom. The molecule has 2 aromatic carbocycles. The van der Waals surface area contributed by atoms with Crippen LogP contribution >= 0.6 is 0 Å². The first-order chi connectivity index (χ1) is 15.0. The summed E-state index contributed by atoms with van der Waals surface area (Å²) in [7, 11) is -1.48. The molecule has 1 fully saturated rings. The van der Waals surface area contributed by atoms with Crippen molar-refractivity contribution in [3.63, 3.8) is 0 Å². The van der Waals surface area contributed by atoms with E-state index >= 15 is 0 Å². The van der Waals surface area contributed by atoms with E-state index in [1.807, 2.05) is 31.3 Å². The van der Waals surface area contributed by atoms with E-state index in [0.717, 1.165) is 48.5 Å². The summed E-state index contributed by atoms with van der Waals surface area (Å²) in [6.07, 6.45) is 0.990. The fourth-order valence-electron chi connectivity index (χ4n) is 3.53. The molecule has 0 radical (unpaired) electrons. The number of nitrogens with one attached hydrogen (secondary N) is 2. The summed E-state index contributed by atoms with van der Waals surface area (Å²) in [4.78, 5) is 11.6. The van der Waals surface area contributed by atoms with Crippen molar-refractivity contribution in [1.29, 1.82) is 0 Å². The molecule has 0 amide bonds. The molecule has 9 heteroatoms. The Kier molecular flexibility index (Phi) is 6.35. The topological polar surface area (TPSA) is 90.5 Å². The van der Waals surface area contributed by atoms with Gasteiger partial charge >= 0.3 is 0 Å². The number of para-hydroxylation sites is 1. The van der Waals surface area contributed by atoms with Crippen LogP contribution in [0.25, 0.3) is 10.9 Å². The van der Waals surface area contributed by atoms with Gasteiger partial charge in [0.25, 0.3) is 0 Å². The fraction of sp³-hybridized carbons (Fsp3) is 0.364. The van der Waals surface area contributed by atoms with Gasteiger partial charge in [0.2, 0.25) is 16.0 Å². The highest BCUT2D eigenvalue weighted by atomic mass is 32.2. The number of likely N-dealkylation sites (N-methyl/N-ethyl adjacent to an activating group) is 1. The lowest BCUT2D eigenvalue weighted by Crippen LogP contribution is -2.46. The number of piperazine rings is 1. The highest BCUT2D eigenvalue weighted by molar-refractivity contribution is 7.89. The van der Waals surface area contributed by atoms with Crippen molar-refractivity contribution < 1.29 is 8.42 Å². The Bertz CT molecular complexity index is 1140. The molecular formula is C22H28N6O2S. The summed E-state index contributed by atoms with van der Waals surface area (Å²) in [5.74, 6) is 1.25. The quantitative estimate of drug-likeness (QED) is 0.583. The maximum absolute atomic E-state index is 12.9. The van der Waals surface area contributed by atoms with Crippen LogP contribution in [0, 0.1) is 0 Å². The van der Waals surface area contributed by atoms with E-state index in [-0.39, 0.29) is 0 Å². The summed E-state index contributed by atoms with van der Waals surface area (Å²) >= 11 is 0. The number of anilines is 3. The van der Waals surface area contributed by atoms with E-state index in [2.05, 4.69) is 32.4 Å². The summed E-state index contributed by atoms with van der Waals surface area (Å²) in [6, 6.07) is 14.6. The van der Waals surface area contributed by atoms with Gasteiger partial charge in [-0.1, -0.05) is 19.1 Å². The number of sulfonamides is 1. The molecule has 31 heavy (non-hydrogen) atoms. The van der Waals surface area contributed by atoms with Crippen molar-refractivity contribution in [3.8, 4) is 0 Å². The SMILES string of the molecule is CCCNc1nc(Nc2ccc(S(=O)(=O)N3CCN(C)CC3)cc2)nc2ccccc12. The van der Waals surface area contributed by atoms with Crippen LogP contribution in [0.5, 0.6) is 0 Å². The van der Waals surface area contributed by atoms with Crippen LogP contribution in [0.1, 0.15) is 13.3 Å². The number of nitrogens with zero attached hydrogens (tertiary/aromatic N) is 4. The molecule has 0 aliphatic carbocycles. The molecule has 164 valence electrons. The summed E-state index contributed by atoms with van der Waals surface area (Å²) in [5.41, 5.74) is 1.57.